The number of hydrogen-bond acceptors (Lipinski definition) is 3. The third-order valence-corrected chi connectivity index (χ3v) is 4.76. The van der Waals surface area contributed by atoms with Crippen molar-refractivity contribution in [3.8, 4) is 0 Å². The van der Waals surface area contributed by atoms with Gasteiger partial charge >= 0.3 is 0 Å². The Morgan fingerprint density at radius 1 is 1.29 bits per heavy atom. The van der Waals surface area contributed by atoms with Crippen LogP contribution in [-0.4, -0.2) is 35.7 Å². The average molecular weight is 378 g/mol. The quantitative estimate of drug-likeness (QED) is 0.684. The highest BCUT2D eigenvalue weighted by molar-refractivity contribution is 9.10. The summed E-state index contributed by atoms with van der Waals surface area (Å²) in [5.74, 6) is 0. The molecule has 120 valence electrons. The van der Waals surface area contributed by atoms with E-state index in [1.54, 1.807) is 0 Å². The number of aliphatic hydroxyl groups is 1. The van der Waals surface area contributed by atoms with Crippen LogP contribution in [0.25, 0.3) is 0 Å². The zero-order valence-electron chi connectivity index (χ0n) is 12.9. The molecule has 0 bridgehead atoms. The topological polar surface area (TPSA) is 49.5 Å². The number of benzene rings is 1. The Bertz CT molecular complexity index is 427. The Labute approximate surface area is 141 Å². The molecule has 1 rings (SSSR count). The summed E-state index contributed by atoms with van der Waals surface area (Å²) >= 11 is 9.66. The van der Waals surface area contributed by atoms with E-state index in [0.29, 0.717) is 17.6 Å². The van der Waals surface area contributed by atoms with Crippen molar-refractivity contribution in [3.63, 3.8) is 0 Å². The molecule has 0 aliphatic rings. The summed E-state index contributed by atoms with van der Waals surface area (Å²) in [6, 6.07) is 6.24. The Balaban J connectivity index is 2.66. The summed E-state index contributed by atoms with van der Waals surface area (Å²) in [6.07, 6.45) is 3.01. The molecule has 0 saturated carbocycles. The molecule has 1 aromatic rings. The lowest BCUT2D eigenvalue weighted by Crippen LogP contribution is -2.38. The van der Waals surface area contributed by atoms with Crippen molar-refractivity contribution < 1.29 is 5.11 Å². The van der Waals surface area contributed by atoms with E-state index in [-0.39, 0.29) is 12.6 Å². The summed E-state index contributed by atoms with van der Waals surface area (Å²) in [5, 5.41) is 9.94. The van der Waals surface area contributed by atoms with E-state index in [4.69, 9.17) is 17.3 Å². The molecule has 0 saturated heterocycles. The lowest BCUT2D eigenvalue weighted by molar-refractivity contribution is 0.139. The van der Waals surface area contributed by atoms with Crippen LogP contribution in [0.5, 0.6) is 0 Å². The SMILES string of the molecule is CCC(CC)N(CCO)CCC(N)c1ccc(Br)cc1Cl. The molecule has 1 unspecified atom stereocenters. The van der Waals surface area contributed by atoms with Crippen LogP contribution in [0.3, 0.4) is 0 Å². The molecule has 0 spiro atoms. The molecule has 0 aliphatic carbocycles. The van der Waals surface area contributed by atoms with Gasteiger partial charge in [0.05, 0.1) is 6.61 Å². The van der Waals surface area contributed by atoms with Crippen molar-refractivity contribution in [3.05, 3.63) is 33.3 Å². The minimum absolute atomic E-state index is 0.0823. The molecule has 3 nitrogen and oxygen atoms in total. The first-order chi connectivity index (χ1) is 10.0. The van der Waals surface area contributed by atoms with Gasteiger partial charge in [-0.05, 0) is 37.0 Å². The van der Waals surface area contributed by atoms with Crippen molar-refractivity contribution in [2.75, 3.05) is 19.7 Å². The molecule has 1 aromatic carbocycles. The van der Waals surface area contributed by atoms with E-state index < -0.39 is 0 Å². The van der Waals surface area contributed by atoms with Gasteiger partial charge in [0.1, 0.15) is 0 Å². The number of halogens is 2. The van der Waals surface area contributed by atoms with E-state index in [1.165, 1.54) is 0 Å². The van der Waals surface area contributed by atoms with Crippen LogP contribution in [0, 0.1) is 0 Å². The van der Waals surface area contributed by atoms with Gasteiger partial charge in [0.25, 0.3) is 0 Å². The van der Waals surface area contributed by atoms with Gasteiger partial charge in [-0.25, -0.2) is 0 Å². The van der Waals surface area contributed by atoms with Crippen molar-refractivity contribution in [2.24, 2.45) is 5.73 Å². The molecule has 5 heteroatoms. The number of nitrogens with zero attached hydrogens (tertiary/aromatic N) is 1. The highest BCUT2D eigenvalue weighted by Crippen LogP contribution is 2.27. The highest BCUT2D eigenvalue weighted by Gasteiger charge is 2.17. The molecule has 0 radical (unpaired) electrons. The third-order valence-electron chi connectivity index (χ3n) is 3.94. The van der Waals surface area contributed by atoms with E-state index in [1.807, 2.05) is 18.2 Å². The van der Waals surface area contributed by atoms with Gasteiger partial charge < -0.3 is 10.8 Å². The molecule has 21 heavy (non-hydrogen) atoms. The molecule has 0 aliphatic heterocycles. The van der Waals surface area contributed by atoms with Crippen LogP contribution < -0.4 is 5.73 Å². The fraction of sp³-hybridized carbons (Fsp3) is 0.625. The van der Waals surface area contributed by atoms with Gasteiger partial charge in [-0.1, -0.05) is 47.4 Å². The van der Waals surface area contributed by atoms with Gasteiger partial charge in [0.15, 0.2) is 0 Å². The van der Waals surface area contributed by atoms with E-state index >= 15 is 0 Å². The lowest BCUT2D eigenvalue weighted by atomic mass is 10.0. The summed E-state index contributed by atoms with van der Waals surface area (Å²) in [4.78, 5) is 2.33. The molecule has 1 atom stereocenters. The van der Waals surface area contributed by atoms with Gasteiger partial charge in [-0.3, -0.25) is 4.90 Å². The first-order valence-corrected chi connectivity index (χ1v) is 8.75. The molecule has 0 amide bonds. The summed E-state index contributed by atoms with van der Waals surface area (Å²) in [6.45, 7) is 6.13. The second-order valence-electron chi connectivity index (χ2n) is 5.29. The summed E-state index contributed by atoms with van der Waals surface area (Å²) in [5.41, 5.74) is 7.26. The van der Waals surface area contributed by atoms with Gasteiger partial charge in [0.2, 0.25) is 0 Å². The second kappa shape index (κ2) is 9.80. The monoisotopic (exact) mass is 376 g/mol. The standard InChI is InChI=1S/C16H26BrClN2O/c1-3-13(4-2)20(9-10-21)8-7-16(19)14-6-5-12(17)11-15(14)18/h5-6,11,13,16,21H,3-4,7-10,19H2,1-2H3. The van der Waals surface area contributed by atoms with Crippen molar-refractivity contribution in [2.45, 2.75) is 45.2 Å². The van der Waals surface area contributed by atoms with E-state index in [0.717, 1.165) is 35.8 Å². The third kappa shape index (κ3) is 5.87. The predicted molar refractivity (Wildman–Crippen MR) is 93.7 cm³/mol. The largest absolute Gasteiger partial charge is 0.395 e. The number of aliphatic hydroxyl groups excluding tert-OH is 1. The fourth-order valence-electron chi connectivity index (χ4n) is 2.67. The maximum Gasteiger partial charge on any atom is 0.0558 e. The second-order valence-corrected chi connectivity index (χ2v) is 6.61. The molecule has 0 heterocycles. The van der Waals surface area contributed by atoms with Crippen LogP contribution in [-0.2, 0) is 0 Å². The van der Waals surface area contributed by atoms with E-state index in [2.05, 4.69) is 34.7 Å². The first kappa shape index (κ1) is 18.9. The number of nitrogens with two attached hydrogens (primary N) is 1. The maximum atomic E-state index is 9.23. The summed E-state index contributed by atoms with van der Waals surface area (Å²) in [7, 11) is 0. The van der Waals surface area contributed by atoms with E-state index in [9.17, 15) is 5.11 Å². The Morgan fingerprint density at radius 3 is 2.48 bits per heavy atom. The zero-order valence-corrected chi connectivity index (χ0v) is 15.2. The highest BCUT2D eigenvalue weighted by atomic mass is 79.9. The van der Waals surface area contributed by atoms with Crippen molar-refractivity contribution >= 4 is 27.5 Å². The van der Waals surface area contributed by atoms with Crippen LogP contribution in [0.1, 0.15) is 44.7 Å². The Hall–Kier alpha value is -0.130. The average Bonchev–Trinajstić information content (AvgIpc) is 2.45. The smallest absolute Gasteiger partial charge is 0.0558 e. The first-order valence-electron chi connectivity index (χ1n) is 7.58. The predicted octanol–water partition coefficient (Wildman–Crippen LogP) is 3.98. The lowest BCUT2D eigenvalue weighted by Gasteiger charge is -2.30. The molecule has 0 aromatic heterocycles. The minimum Gasteiger partial charge on any atom is -0.395 e. The molecular formula is C16H26BrClN2O. The zero-order chi connectivity index (χ0) is 15.8. The molecule has 3 N–H and O–H groups in total. The van der Waals surface area contributed by atoms with Crippen LogP contribution in [0.2, 0.25) is 5.02 Å². The number of rotatable bonds is 9. The Kier molecular flexibility index (Phi) is 8.83. The van der Waals surface area contributed by atoms with Gasteiger partial charge in [0, 0.05) is 34.7 Å². The molecule has 0 fully saturated rings. The van der Waals surface area contributed by atoms with Crippen molar-refractivity contribution in [1.82, 2.24) is 4.90 Å². The maximum absolute atomic E-state index is 9.23. The fourth-order valence-corrected chi connectivity index (χ4v) is 3.49. The van der Waals surface area contributed by atoms with Crippen LogP contribution >= 0.6 is 27.5 Å². The van der Waals surface area contributed by atoms with Gasteiger partial charge in [-0.15, -0.1) is 0 Å². The minimum atomic E-state index is -0.0823. The van der Waals surface area contributed by atoms with Gasteiger partial charge in [-0.2, -0.15) is 0 Å². The van der Waals surface area contributed by atoms with Crippen molar-refractivity contribution in [1.29, 1.82) is 0 Å². The van der Waals surface area contributed by atoms with Crippen LogP contribution in [0.15, 0.2) is 22.7 Å². The Morgan fingerprint density at radius 2 is 1.95 bits per heavy atom. The van der Waals surface area contributed by atoms with Crippen LogP contribution in [0.4, 0.5) is 0 Å². The summed E-state index contributed by atoms with van der Waals surface area (Å²) < 4.78 is 0.961. The number of hydrogen-bond donors (Lipinski definition) is 2. The molecular weight excluding hydrogens is 352 g/mol. The normalized spacial score (nSPS) is 13.1.